The molecule has 0 saturated heterocycles. The van der Waals surface area contributed by atoms with Gasteiger partial charge in [0.05, 0.1) is 6.04 Å². The van der Waals surface area contributed by atoms with Crippen LogP contribution in [0.15, 0.2) is 0 Å². The van der Waals surface area contributed by atoms with E-state index >= 15 is 0 Å². The fourth-order valence-corrected chi connectivity index (χ4v) is 2.47. The van der Waals surface area contributed by atoms with Crippen molar-refractivity contribution in [1.29, 1.82) is 0 Å². The van der Waals surface area contributed by atoms with E-state index < -0.39 is 60.2 Å². The average molecular weight is 445 g/mol. The van der Waals surface area contributed by atoms with Crippen molar-refractivity contribution in [3.63, 3.8) is 0 Å². The Morgan fingerprint density at radius 1 is 0.871 bits per heavy atom. The van der Waals surface area contributed by atoms with E-state index in [0.717, 1.165) is 0 Å². The molecule has 0 spiro atoms. The fraction of sp³-hybridized carbons (Fsp3) is 0.667. The molecule has 0 heterocycles. The van der Waals surface area contributed by atoms with Gasteiger partial charge in [-0.05, 0) is 18.8 Å². The lowest BCUT2D eigenvalue weighted by Crippen LogP contribution is -2.57. The molecule has 0 fully saturated rings. The van der Waals surface area contributed by atoms with Gasteiger partial charge < -0.3 is 37.6 Å². The van der Waals surface area contributed by atoms with E-state index in [0.29, 0.717) is 6.42 Å². The summed E-state index contributed by atoms with van der Waals surface area (Å²) < 4.78 is 0. The molecule has 13 nitrogen and oxygen atoms in total. The quantitative estimate of drug-likeness (QED) is 0.143. The van der Waals surface area contributed by atoms with Gasteiger partial charge in [-0.2, -0.15) is 0 Å². The predicted molar refractivity (Wildman–Crippen MR) is 107 cm³/mol. The summed E-state index contributed by atoms with van der Waals surface area (Å²) in [5.74, 6) is -5.82. The number of primary amides is 1. The lowest BCUT2D eigenvalue weighted by molar-refractivity contribution is -0.139. The van der Waals surface area contributed by atoms with Gasteiger partial charge in [0.2, 0.25) is 23.6 Å². The van der Waals surface area contributed by atoms with Gasteiger partial charge in [0.25, 0.3) is 0 Å². The van der Waals surface area contributed by atoms with Gasteiger partial charge in [-0.15, -0.1) is 0 Å². The van der Waals surface area contributed by atoms with E-state index in [1.54, 1.807) is 13.8 Å². The lowest BCUT2D eigenvalue weighted by Gasteiger charge is -2.26. The van der Waals surface area contributed by atoms with Crippen LogP contribution in [0.1, 0.15) is 46.0 Å². The van der Waals surface area contributed by atoms with Crippen LogP contribution >= 0.6 is 0 Å². The van der Waals surface area contributed by atoms with Crippen LogP contribution in [0.4, 0.5) is 0 Å². The number of nitrogens with one attached hydrogen (secondary N) is 3. The average Bonchev–Trinajstić information content (AvgIpc) is 2.69. The first kappa shape index (κ1) is 27.8. The highest BCUT2D eigenvalue weighted by molar-refractivity contribution is 5.94. The maximum Gasteiger partial charge on any atom is 0.322 e. The smallest absolute Gasteiger partial charge is 0.322 e. The van der Waals surface area contributed by atoms with Crippen molar-refractivity contribution >= 4 is 35.6 Å². The molecule has 0 aromatic rings. The third-order valence-electron chi connectivity index (χ3n) is 4.53. The number of aliphatic carboxylic acids is 2. The molecule has 0 bridgehead atoms. The van der Waals surface area contributed by atoms with Crippen molar-refractivity contribution in [3.05, 3.63) is 0 Å². The SMILES string of the molecule is CCC(C)C(NC(=O)C(CCC(N)=O)NC(=O)C(N)CCC(=O)O)C(=O)NCC(=O)O. The van der Waals surface area contributed by atoms with Crippen LogP contribution in [0.2, 0.25) is 0 Å². The number of carbonyl (C=O) groups excluding carboxylic acids is 4. The number of carbonyl (C=O) groups is 6. The minimum atomic E-state index is -1.27. The molecule has 0 radical (unpaired) electrons. The van der Waals surface area contributed by atoms with Crippen LogP contribution in [-0.4, -0.2) is 70.5 Å². The molecule has 9 N–H and O–H groups in total. The summed E-state index contributed by atoms with van der Waals surface area (Å²) in [7, 11) is 0. The zero-order valence-corrected chi connectivity index (χ0v) is 17.6. The molecule has 176 valence electrons. The second kappa shape index (κ2) is 13.9. The van der Waals surface area contributed by atoms with E-state index in [4.69, 9.17) is 21.7 Å². The highest BCUT2D eigenvalue weighted by Gasteiger charge is 2.31. The molecule has 0 aliphatic heterocycles. The molecule has 0 rings (SSSR count). The van der Waals surface area contributed by atoms with E-state index in [9.17, 15) is 28.8 Å². The van der Waals surface area contributed by atoms with Crippen molar-refractivity contribution < 1.29 is 39.0 Å². The fourth-order valence-electron chi connectivity index (χ4n) is 2.47. The molecule has 0 aromatic carbocycles. The van der Waals surface area contributed by atoms with Crippen molar-refractivity contribution in [3.8, 4) is 0 Å². The summed E-state index contributed by atoms with van der Waals surface area (Å²) in [6, 6.07) is -3.57. The normalized spacial score (nSPS) is 14.4. The number of nitrogens with two attached hydrogens (primary N) is 2. The highest BCUT2D eigenvalue weighted by atomic mass is 16.4. The van der Waals surface area contributed by atoms with Crippen LogP contribution in [0.3, 0.4) is 0 Å². The molecule has 31 heavy (non-hydrogen) atoms. The van der Waals surface area contributed by atoms with Gasteiger partial charge >= 0.3 is 11.9 Å². The second-order valence-corrected chi connectivity index (χ2v) is 7.09. The molecule has 4 unspecified atom stereocenters. The van der Waals surface area contributed by atoms with Crippen molar-refractivity contribution in [1.82, 2.24) is 16.0 Å². The molecular formula is C18H31N5O8. The predicted octanol–water partition coefficient (Wildman–Crippen LogP) is -2.34. The molecule has 0 aromatic heterocycles. The van der Waals surface area contributed by atoms with Gasteiger partial charge in [-0.25, -0.2) is 0 Å². The maximum atomic E-state index is 12.7. The Labute approximate surface area is 179 Å². The van der Waals surface area contributed by atoms with E-state index in [-0.39, 0.29) is 31.6 Å². The van der Waals surface area contributed by atoms with Crippen LogP contribution in [0.5, 0.6) is 0 Å². The number of carboxylic acid groups (broad SMARTS) is 2. The zero-order chi connectivity index (χ0) is 24.1. The lowest BCUT2D eigenvalue weighted by atomic mass is 9.97. The third kappa shape index (κ3) is 11.5. The number of carboxylic acids is 2. The van der Waals surface area contributed by atoms with Crippen molar-refractivity contribution in [2.75, 3.05) is 6.54 Å². The van der Waals surface area contributed by atoms with E-state index in [1.807, 2.05) is 0 Å². The summed E-state index contributed by atoms with van der Waals surface area (Å²) in [4.78, 5) is 69.7. The molecule has 0 saturated carbocycles. The number of hydrogen-bond donors (Lipinski definition) is 7. The minimum Gasteiger partial charge on any atom is -0.481 e. The van der Waals surface area contributed by atoms with Gasteiger partial charge in [0.15, 0.2) is 0 Å². The molecular weight excluding hydrogens is 414 g/mol. The van der Waals surface area contributed by atoms with Crippen molar-refractivity contribution in [2.24, 2.45) is 17.4 Å². The topological polar surface area (TPSA) is 231 Å². The molecule has 0 aliphatic carbocycles. The Hall–Kier alpha value is -3.22. The molecule has 0 aliphatic rings. The van der Waals surface area contributed by atoms with Crippen molar-refractivity contribution in [2.45, 2.75) is 64.1 Å². The number of rotatable bonds is 15. The summed E-state index contributed by atoms with van der Waals surface area (Å²) in [5.41, 5.74) is 10.7. The number of hydrogen-bond acceptors (Lipinski definition) is 7. The summed E-state index contributed by atoms with van der Waals surface area (Å²) in [6.07, 6.45) is -0.473. The minimum absolute atomic E-state index is 0.168. The largest absolute Gasteiger partial charge is 0.481 e. The van der Waals surface area contributed by atoms with E-state index in [1.165, 1.54) is 0 Å². The second-order valence-electron chi connectivity index (χ2n) is 7.09. The first-order valence-electron chi connectivity index (χ1n) is 9.74. The number of amides is 4. The van der Waals surface area contributed by atoms with E-state index in [2.05, 4.69) is 16.0 Å². The molecule has 4 amide bonds. The third-order valence-corrected chi connectivity index (χ3v) is 4.53. The standard InChI is InChI=1S/C18H31N5O8/c1-3-9(2)15(18(31)21-8-14(27)28)23-17(30)11(5-6-12(20)24)22-16(29)10(19)4-7-13(25)26/h9-11,15H,3-8,19H2,1-2H3,(H2,20,24)(H,21,31)(H,22,29)(H,23,30)(H,25,26)(H,27,28). The summed E-state index contributed by atoms with van der Waals surface area (Å²) in [5, 5.41) is 24.4. The Bertz CT molecular complexity index is 684. The van der Waals surface area contributed by atoms with Gasteiger partial charge in [-0.3, -0.25) is 28.8 Å². The highest BCUT2D eigenvalue weighted by Crippen LogP contribution is 2.10. The first-order chi connectivity index (χ1) is 14.4. The summed E-state index contributed by atoms with van der Waals surface area (Å²) in [6.45, 7) is 2.80. The molecule has 4 atom stereocenters. The zero-order valence-electron chi connectivity index (χ0n) is 17.6. The monoisotopic (exact) mass is 445 g/mol. The molecule has 13 heteroatoms. The van der Waals surface area contributed by atoms with Crippen LogP contribution in [0.25, 0.3) is 0 Å². The van der Waals surface area contributed by atoms with Gasteiger partial charge in [0, 0.05) is 12.8 Å². The van der Waals surface area contributed by atoms with Gasteiger partial charge in [-0.1, -0.05) is 20.3 Å². The first-order valence-corrected chi connectivity index (χ1v) is 9.74. The van der Waals surface area contributed by atoms with Crippen LogP contribution < -0.4 is 27.4 Å². The van der Waals surface area contributed by atoms with Crippen LogP contribution in [0, 0.1) is 5.92 Å². The Kier molecular flexibility index (Phi) is 12.5. The van der Waals surface area contributed by atoms with Gasteiger partial charge in [0.1, 0.15) is 18.6 Å². The summed E-state index contributed by atoms with van der Waals surface area (Å²) >= 11 is 0. The Morgan fingerprint density at radius 3 is 1.97 bits per heavy atom. The maximum absolute atomic E-state index is 12.7. The Balaban J connectivity index is 5.34. The Morgan fingerprint density at radius 2 is 1.48 bits per heavy atom. The van der Waals surface area contributed by atoms with Crippen LogP contribution in [-0.2, 0) is 28.8 Å².